The SMILES string of the molecule is COc1nc(-c2ccnc(-c3cccc(Nc4cccc(CNCCCO)c4F)c3Cl)c2Cl)ccc1CNC[C@@H]1CCC(=O)N1. The number of halogens is 3. The fourth-order valence-electron chi connectivity index (χ4n) is 5.17. The highest BCUT2D eigenvalue weighted by Gasteiger charge is 2.21. The lowest BCUT2D eigenvalue weighted by molar-refractivity contribution is -0.119. The molecule has 45 heavy (non-hydrogen) atoms. The van der Waals surface area contributed by atoms with Gasteiger partial charge < -0.3 is 31.1 Å². The first-order valence-electron chi connectivity index (χ1n) is 14.7. The Morgan fingerprint density at radius 3 is 2.58 bits per heavy atom. The maximum absolute atomic E-state index is 15.3. The monoisotopic (exact) mass is 652 g/mol. The zero-order valence-corrected chi connectivity index (χ0v) is 26.3. The van der Waals surface area contributed by atoms with Crippen molar-refractivity contribution in [2.45, 2.75) is 38.4 Å². The number of hydrogen-bond donors (Lipinski definition) is 5. The van der Waals surface area contributed by atoms with Crippen LogP contribution >= 0.6 is 23.2 Å². The lowest BCUT2D eigenvalue weighted by Crippen LogP contribution is -2.35. The van der Waals surface area contributed by atoms with Gasteiger partial charge in [-0.3, -0.25) is 9.78 Å². The lowest BCUT2D eigenvalue weighted by Gasteiger charge is -2.16. The summed E-state index contributed by atoms with van der Waals surface area (Å²) in [6.45, 7) is 2.17. The Balaban J connectivity index is 1.35. The number of carbonyl (C=O) groups excluding carboxylic acids is 1. The molecule has 1 amide bonds. The van der Waals surface area contributed by atoms with Crippen LogP contribution in [-0.2, 0) is 17.9 Å². The maximum atomic E-state index is 15.3. The van der Waals surface area contributed by atoms with Crippen molar-refractivity contribution in [3.63, 3.8) is 0 Å². The second-order valence-corrected chi connectivity index (χ2v) is 11.4. The number of benzene rings is 2. The quantitative estimate of drug-likeness (QED) is 0.108. The van der Waals surface area contributed by atoms with E-state index in [1.807, 2.05) is 12.1 Å². The Kier molecular flexibility index (Phi) is 11.2. The Morgan fingerprint density at radius 2 is 1.80 bits per heavy atom. The summed E-state index contributed by atoms with van der Waals surface area (Å²) in [5.41, 5.74) is 4.42. The Labute approximate surface area is 271 Å². The van der Waals surface area contributed by atoms with Gasteiger partial charge in [-0.05, 0) is 43.7 Å². The lowest BCUT2D eigenvalue weighted by atomic mass is 10.0. The van der Waals surface area contributed by atoms with Crippen LogP contribution in [0.25, 0.3) is 22.5 Å². The van der Waals surface area contributed by atoms with Crippen LogP contribution < -0.4 is 26.0 Å². The first-order chi connectivity index (χ1) is 21.9. The Hall–Kier alpha value is -3.80. The van der Waals surface area contributed by atoms with Gasteiger partial charge >= 0.3 is 0 Å². The number of carbonyl (C=O) groups is 1. The molecule has 0 radical (unpaired) electrons. The van der Waals surface area contributed by atoms with Gasteiger partial charge in [-0.1, -0.05) is 53.5 Å². The van der Waals surface area contributed by atoms with Crippen molar-refractivity contribution in [3.8, 4) is 28.4 Å². The molecule has 1 atom stereocenters. The smallest absolute Gasteiger partial charge is 0.220 e. The van der Waals surface area contributed by atoms with Crippen LogP contribution in [0, 0.1) is 5.82 Å². The fraction of sp³-hybridized carbons (Fsp3) is 0.303. The third-order valence-electron chi connectivity index (χ3n) is 7.52. The van der Waals surface area contributed by atoms with Gasteiger partial charge in [0.25, 0.3) is 0 Å². The first kappa shape index (κ1) is 32.6. The van der Waals surface area contributed by atoms with Crippen molar-refractivity contribution < 1.29 is 19.0 Å². The van der Waals surface area contributed by atoms with Crippen molar-refractivity contribution in [1.82, 2.24) is 25.9 Å². The number of nitrogens with one attached hydrogen (secondary N) is 4. The third-order valence-corrected chi connectivity index (χ3v) is 8.31. The third kappa shape index (κ3) is 7.89. The van der Waals surface area contributed by atoms with Crippen molar-refractivity contribution in [2.24, 2.45) is 0 Å². The molecule has 1 saturated heterocycles. The highest BCUT2D eigenvalue weighted by atomic mass is 35.5. The average molecular weight is 654 g/mol. The molecule has 1 fully saturated rings. The van der Waals surface area contributed by atoms with Crippen LogP contribution in [0.5, 0.6) is 5.88 Å². The zero-order chi connectivity index (χ0) is 31.8. The van der Waals surface area contributed by atoms with Gasteiger partial charge in [0.05, 0.1) is 39.9 Å². The van der Waals surface area contributed by atoms with Gasteiger partial charge in [0, 0.05) is 67.2 Å². The normalized spacial score (nSPS) is 14.4. The van der Waals surface area contributed by atoms with Crippen molar-refractivity contribution in [3.05, 3.63) is 87.8 Å². The highest BCUT2D eigenvalue weighted by molar-refractivity contribution is 6.39. The number of nitrogens with zero attached hydrogens (tertiary/aromatic N) is 2. The number of rotatable bonds is 14. The van der Waals surface area contributed by atoms with Crippen molar-refractivity contribution in [1.29, 1.82) is 0 Å². The Bertz CT molecular complexity index is 1660. The van der Waals surface area contributed by atoms with E-state index in [9.17, 15) is 4.79 Å². The number of ether oxygens (including phenoxy) is 1. The molecule has 0 saturated carbocycles. The average Bonchev–Trinajstić information content (AvgIpc) is 3.47. The van der Waals surface area contributed by atoms with Crippen LogP contribution in [0.2, 0.25) is 10.0 Å². The van der Waals surface area contributed by atoms with Crippen LogP contribution in [-0.4, -0.2) is 53.8 Å². The van der Waals surface area contributed by atoms with E-state index in [0.717, 1.165) is 12.0 Å². The highest BCUT2D eigenvalue weighted by Crippen LogP contribution is 2.41. The minimum Gasteiger partial charge on any atom is -0.481 e. The summed E-state index contributed by atoms with van der Waals surface area (Å²) < 4.78 is 20.9. The standard InChI is InChI=1S/C33H35Cl2FN6O3/c1-45-33-21(18-38-19-22-10-12-28(44)40-22)9-11-25(42-33)23-13-15-39-32(30(23)35)24-6-3-7-26(29(24)34)41-27-8-2-5-20(31(27)36)17-37-14-4-16-43/h2-3,5-9,11,13,15,22,37-38,41,43H,4,10,12,14,16-19H2,1H3,(H,40,44)/t22-/m0/s1. The van der Waals surface area contributed by atoms with E-state index >= 15 is 4.39 Å². The number of aromatic nitrogens is 2. The second-order valence-electron chi connectivity index (χ2n) is 10.6. The second kappa shape index (κ2) is 15.5. The zero-order valence-electron chi connectivity index (χ0n) is 24.8. The van der Waals surface area contributed by atoms with Gasteiger partial charge in [-0.25, -0.2) is 9.37 Å². The molecule has 3 heterocycles. The molecule has 236 valence electrons. The summed E-state index contributed by atoms with van der Waals surface area (Å²) in [7, 11) is 1.57. The van der Waals surface area contributed by atoms with Gasteiger partial charge in [-0.15, -0.1) is 0 Å². The summed E-state index contributed by atoms with van der Waals surface area (Å²) in [5, 5.41) is 22.2. The molecule has 0 bridgehead atoms. The summed E-state index contributed by atoms with van der Waals surface area (Å²) >= 11 is 13.8. The number of hydrogen-bond acceptors (Lipinski definition) is 8. The molecule has 0 unspecified atom stereocenters. The number of methoxy groups -OCH3 is 1. The minimum atomic E-state index is -0.391. The summed E-state index contributed by atoms with van der Waals surface area (Å²) in [6.07, 6.45) is 3.61. The van der Waals surface area contributed by atoms with E-state index < -0.39 is 5.82 Å². The molecule has 0 spiro atoms. The molecule has 1 aliphatic heterocycles. The van der Waals surface area contributed by atoms with Gasteiger partial charge in [0.2, 0.25) is 11.8 Å². The number of aliphatic hydroxyl groups is 1. The number of aliphatic hydroxyl groups excluding tert-OH is 1. The molecule has 0 aliphatic carbocycles. The van der Waals surface area contributed by atoms with Crippen LogP contribution in [0.4, 0.5) is 15.8 Å². The van der Waals surface area contributed by atoms with E-state index in [4.69, 9.17) is 38.0 Å². The minimum absolute atomic E-state index is 0.0759. The molecular weight excluding hydrogens is 618 g/mol. The number of anilines is 2. The molecule has 5 rings (SSSR count). The van der Waals surface area contributed by atoms with E-state index in [-0.39, 0.29) is 24.2 Å². The molecule has 2 aromatic carbocycles. The van der Waals surface area contributed by atoms with Crippen molar-refractivity contribution in [2.75, 3.05) is 32.1 Å². The molecule has 4 aromatic rings. The van der Waals surface area contributed by atoms with Crippen LogP contribution in [0.15, 0.2) is 60.8 Å². The summed E-state index contributed by atoms with van der Waals surface area (Å²) in [5.74, 6) is 0.154. The Morgan fingerprint density at radius 1 is 1.00 bits per heavy atom. The summed E-state index contributed by atoms with van der Waals surface area (Å²) in [4.78, 5) is 20.7. The van der Waals surface area contributed by atoms with E-state index in [1.165, 1.54) is 0 Å². The molecule has 12 heteroatoms. The van der Waals surface area contributed by atoms with Gasteiger partial charge in [0.15, 0.2) is 5.82 Å². The topological polar surface area (TPSA) is 120 Å². The number of pyridine rings is 2. The molecule has 5 N–H and O–H groups in total. The van der Waals surface area contributed by atoms with Crippen LogP contribution in [0.3, 0.4) is 0 Å². The molecule has 9 nitrogen and oxygen atoms in total. The first-order valence-corrected chi connectivity index (χ1v) is 15.5. The molecule has 1 aliphatic rings. The maximum Gasteiger partial charge on any atom is 0.220 e. The fourth-order valence-corrected chi connectivity index (χ4v) is 5.74. The van der Waals surface area contributed by atoms with Gasteiger partial charge in [0.1, 0.15) is 0 Å². The predicted molar refractivity (Wildman–Crippen MR) is 175 cm³/mol. The predicted octanol–water partition coefficient (Wildman–Crippen LogP) is 5.85. The van der Waals surface area contributed by atoms with Crippen molar-refractivity contribution >= 4 is 40.5 Å². The summed E-state index contributed by atoms with van der Waals surface area (Å²) in [6, 6.07) is 16.2. The van der Waals surface area contributed by atoms with E-state index in [1.54, 1.807) is 55.8 Å². The molecular formula is C33H35Cl2FN6O3. The van der Waals surface area contributed by atoms with E-state index in [0.29, 0.717) is 88.7 Å². The molecule has 2 aromatic heterocycles. The largest absolute Gasteiger partial charge is 0.481 e. The van der Waals surface area contributed by atoms with Gasteiger partial charge in [-0.2, -0.15) is 0 Å². The number of amides is 1. The van der Waals surface area contributed by atoms with E-state index in [2.05, 4.69) is 26.3 Å². The van der Waals surface area contributed by atoms with Crippen LogP contribution in [0.1, 0.15) is 30.4 Å².